The molecule has 0 aliphatic heterocycles. The van der Waals surface area contributed by atoms with Gasteiger partial charge in [0.15, 0.2) is 0 Å². The van der Waals surface area contributed by atoms with E-state index in [0.29, 0.717) is 16.8 Å². The van der Waals surface area contributed by atoms with Crippen LogP contribution in [0.2, 0.25) is 0 Å². The highest BCUT2D eigenvalue weighted by atomic mass is 19.1. The van der Waals surface area contributed by atoms with Crippen molar-refractivity contribution in [1.82, 2.24) is 19.5 Å². The van der Waals surface area contributed by atoms with E-state index >= 15 is 4.39 Å². The average molecular weight is 463 g/mol. The van der Waals surface area contributed by atoms with E-state index in [0.717, 1.165) is 0 Å². The summed E-state index contributed by atoms with van der Waals surface area (Å²) in [5.74, 6) is -0.582. The molecule has 0 unspecified atom stereocenters. The zero-order chi connectivity index (χ0) is 24.4. The SMILES string of the molecule is CN(C)c1cccc(Cc2oc(NC(=O)c3cnccn3)nc2-c2ccc(=O)n(C)c2N)c1F. The van der Waals surface area contributed by atoms with Gasteiger partial charge in [0.25, 0.3) is 11.5 Å². The quantitative estimate of drug-likeness (QED) is 0.446. The van der Waals surface area contributed by atoms with Gasteiger partial charge in [0.2, 0.25) is 0 Å². The van der Waals surface area contributed by atoms with Crippen molar-refractivity contribution >= 4 is 23.4 Å². The van der Waals surface area contributed by atoms with E-state index in [1.807, 2.05) is 0 Å². The zero-order valence-electron chi connectivity index (χ0n) is 18.7. The van der Waals surface area contributed by atoms with E-state index < -0.39 is 11.7 Å². The number of nitrogens with zero attached hydrogens (tertiary/aromatic N) is 5. The maximum atomic E-state index is 15.1. The molecule has 34 heavy (non-hydrogen) atoms. The van der Waals surface area contributed by atoms with Gasteiger partial charge >= 0.3 is 6.01 Å². The highest BCUT2D eigenvalue weighted by Gasteiger charge is 2.22. The molecule has 0 saturated carbocycles. The molecule has 10 nitrogen and oxygen atoms in total. The Bertz CT molecular complexity index is 1410. The van der Waals surface area contributed by atoms with Gasteiger partial charge in [-0.2, -0.15) is 4.98 Å². The highest BCUT2D eigenvalue weighted by molar-refractivity contribution is 6.01. The summed E-state index contributed by atoms with van der Waals surface area (Å²) in [5, 5.41) is 2.53. The lowest BCUT2D eigenvalue weighted by atomic mass is 10.0. The third-order valence-corrected chi connectivity index (χ3v) is 5.22. The number of hydrogen-bond acceptors (Lipinski definition) is 8. The minimum Gasteiger partial charge on any atom is -0.427 e. The molecule has 0 bridgehead atoms. The van der Waals surface area contributed by atoms with Crippen LogP contribution in [0.5, 0.6) is 0 Å². The van der Waals surface area contributed by atoms with Crippen LogP contribution in [0.4, 0.5) is 21.9 Å². The minimum absolute atomic E-state index is 0.0269. The number of oxazole rings is 1. The number of anilines is 3. The van der Waals surface area contributed by atoms with E-state index in [4.69, 9.17) is 10.2 Å². The van der Waals surface area contributed by atoms with Gasteiger partial charge in [-0.3, -0.25) is 24.5 Å². The Balaban J connectivity index is 1.78. The predicted molar refractivity (Wildman–Crippen MR) is 125 cm³/mol. The molecule has 3 aromatic heterocycles. The van der Waals surface area contributed by atoms with Crippen LogP contribution in [0, 0.1) is 5.82 Å². The Labute approximate surface area is 193 Å². The number of halogens is 1. The molecule has 1 aromatic carbocycles. The lowest BCUT2D eigenvalue weighted by Crippen LogP contribution is -2.19. The minimum atomic E-state index is -0.582. The molecule has 0 spiro atoms. The smallest absolute Gasteiger partial charge is 0.302 e. The summed E-state index contributed by atoms with van der Waals surface area (Å²) < 4.78 is 22.2. The highest BCUT2D eigenvalue weighted by Crippen LogP contribution is 2.32. The molecule has 0 aliphatic rings. The first kappa shape index (κ1) is 22.6. The molecular formula is C23H22FN7O3. The first-order valence-electron chi connectivity index (χ1n) is 10.2. The molecule has 0 atom stereocenters. The first-order valence-corrected chi connectivity index (χ1v) is 10.2. The van der Waals surface area contributed by atoms with Crippen molar-refractivity contribution in [3.63, 3.8) is 0 Å². The lowest BCUT2D eigenvalue weighted by molar-refractivity contribution is 0.101. The van der Waals surface area contributed by atoms with Crippen LogP contribution < -0.4 is 21.5 Å². The fourth-order valence-electron chi connectivity index (χ4n) is 3.39. The summed E-state index contributed by atoms with van der Waals surface area (Å²) in [6.45, 7) is 0. The molecular weight excluding hydrogens is 441 g/mol. The number of nitrogen functional groups attached to an aromatic ring is 1. The Kier molecular flexibility index (Phi) is 6.09. The van der Waals surface area contributed by atoms with Gasteiger partial charge in [0, 0.05) is 51.6 Å². The van der Waals surface area contributed by atoms with E-state index in [1.54, 1.807) is 37.2 Å². The number of nitrogens with one attached hydrogen (secondary N) is 1. The second-order valence-electron chi connectivity index (χ2n) is 7.69. The Morgan fingerprint density at radius 2 is 2.03 bits per heavy atom. The summed E-state index contributed by atoms with van der Waals surface area (Å²) in [4.78, 5) is 38.4. The van der Waals surface area contributed by atoms with E-state index in [2.05, 4.69) is 20.3 Å². The van der Waals surface area contributed by atoms with Gasteiger partial charge in [0.05, 0.1) is 11.9 Å². The lowest BCUT2D eigenvalue weighted by Gasteiger charge is -2.15. The van der Waals surface area contributed by atoms with Crippen LogP contribution >= 0.6 is 0 Å². The number of amides is 1. The topological polar surface area (TPSA) is 132 Å². The average Bonchev–Trinajstić information content (AvgIpc) is 3.21. The molecule has 11 heteroatoms. The Morgan fingerprint density at radius 1 is 1.24 bits per heavy atom. The van der Waals surface area contributed by atoms with Gasteiger partial charge in [-0.05, 0) is 17.7 Å². The standard InChI is InChI=1S/C23H22FN7O3/c1-30(2)16-6-4-5-13(19(16)24)11-17-20(14-7-8-18(32)31(3)21(14)25)28-23(34-17)29-22(33)15-12-26-9-10-27-15/h4-10,12H,11,25H2,1-3H3,(H,28,29,33). The number of pyridine rings is 1. The number of hydrogen-bond donors (Lipinski definition) is 2. The van der Waals surface area contributed by atoms with Crippen LogP contribution in [0.15, 0.2) is 58.1 Å². The van der Waals surface area contributed by atoms with Crippen molar-refractivity contribution in [3.8, 4) is 11.3 Å². The van der Waals surface area contributed by atoms with Gasteiger partial charge in [-0.25, -0.2) is 9.37 Å². The summed E-state index contributed by atoms with van der Waals surface area (Å²) in [5.41, 5.74) is 7.39. The monoisotopic (exact) mass is 463 g/mol. The Hall–Kier alpha value is -4.54. The van der Waals surface area contributed by atoms with E-state index in [-0.39, 0.29) is 41.0 Å². The van der Waals surface area contributed by atoms with Crippen LogP contribution in [-0.4, -0.2) is 39.5 Å². The van der Waals surface area contributed by atoms with Crippen molar-refractivity contribution in [1.29, 1.82) is 0 Å². The van der Waals surface area contributed by atoms with Crippen LogP contribution in [0.1, 0.15) is 21.8 Å². The van der Waals surface area contributed by atoms with Gasteiger partial charge in [0.1, 0.15) is 28.8 Å². The summed E-state index contributed by atoms with van der Waals surface area (Å²) in [7, 11) is 5.01. The normalized spacial score (nSPS) is 10.8. The molecule has 1 amide bonds. The second-order valence-corrected chi connectivity index (χ2v) is 7.69. The van der Waals surface area contributed by atoms with E-state index in [9.17, 15) is 9.59 Å². The number of aromatic nitrogens is 4. The largest absolute Gasteiger partial charge is 0.427 e. The third kappa shape index (κ3) is 4.35. The van der Waals surface area contributed by atoms with E-state index in [1.165, 1.54) is 42.3 Å². The number of nitrogens with two attached hydrogens (primary N) is 1. The van der Waals surface area contributed by atoms with Crippen molar-refractivity contribution in [2.75, 3.05) is 30.0 Å². The number of carbonyl (C=O) groups excluding carboxylic acids is 1. The maximum Gasteiger partial charge on any atom is 0.302 e. The van der Waals surface area contributed by atoms with Crippen molar-refractivity contribution in [2.24, 2.45) is 7.05 Å². The molecule has 3 N–H and O–H groups in total. The fourth-order valence-corrected chi connectivity index (χ4v) is 3.39. The fraction of sp³-hybridized carbons (Fsp3) is 0.174. The molecule has 0 aliphatic carbocycles. The van der Waals surface area contributed by atoms with Gasteiger partial charge in [-0.1, -0.05) is 12.1 Å². The molecule has 3 heterocycles. The van der Waals surface area contributed by atoms with Gasteiger partial charge < -0.3 is 15.1 Å². The van der Waals surface area contributed by atoms with Crippen LogP contribution in [0.3, 0.4) is 0 Å². The first-order chi connectivity index (χ1) is 16.3. The molecule has 0 saturated heterocycles. The third-order valence-electron chi connectivity index (χ3n) is 5.22. The zero-order valence-corrected chi connectivity index (χ0v) is 18.7. The van der Waals surface area contributed by atoms with Crippen LogP contribution in [0.25, 0.3) is 11.3 Å². The number of rotatable bonds is 6. The second kappa shape index (κ2) is 9.14. The molecule has 0 fully saturated rings. The van der Waals surface area contributed by atoms with Gasteiger partial charge in [-0.15, -0.1) is 0 Å². The van der Waals surface area contributed by atoms with Crippen molar-refractivity contribution in [3.05, 3.63) is 82.1 Å². The summed E-state index contributed by atoms with van der Waals surface area (Å²) in [6, 6.07) is 7.77. The molecule has 174 valence electrons. The number of benzene rings is 1. The molecule has 4 aromatic rings. The molecule has 4 rings (SSSR count). The van der Waals surface area contributed by atoms with Crippen LogP contribution in [-0.2, 0) is 13.5 Å². The maximum absolute atomic E-state index is 15.1. The number of carbonyl (C=O) groups is 1. The predicted octanol–water partition coefficient (Wildman–Crippen LogP) is 2.46. The summed E-state index contributed by atoms with van der Waals surface area (Å²) >= 11 is 0. The van der Waals surface area contributed by atoms with Crippen molar-refractivity contribution in [2.45, 2.75) is 6.42 Å². The van der Waals surface area contributed by atoms with Crippen molar-refractivity contribution < 1.29 is 13.6 Å². The summed E-state index contributed by atoms with van der Waals surface area (Å²) in [6.07, 6.45) is 4.15. The Morgan fingerprint density at radius 3 is 2.74 bits per heavy atom. The molecule has 0 radical (unpaired) electrons.